The van der Waals surface area contributed by atoms with Crippen LogP contribution in [0.1, 0.15) is 33.1 Å². The molecule has 0 saturated heterocycles. The number of nitriles is 1. The number of Topliss-reactive ketones (excluding diaryl/α,β-unsaturated/α-hetero) is 1. The number of hydrogen-bond donors (Lipinski definition) is 0. The molecule has 2 heteroatoms. The van der Waals surface area contributed by atoms with Crippen molar-refractivity contribution in [3.05, 3.63) is 0 Å². The zero-order valence-corrected chi connectivity index (χ0v) is 7.71. The summed E-state index contributed by atoms with van der Waals surface area (Å²) in [5, 5.41) is 8.83. The summed E-state index contributed by atoms with van der Waals surface area (Å²) in [6.45, 7) is 4.26. The molecule has 0 aromatic heterocycles. The molecule has 1 fully saturated rings. The van der Waals surface area contributed by atoms with Crippen LogP contribution in [-0.2, 0) is 4.79 Å². The fourth-order valence-electron chi connectivity index (χ4n) is 1.97. The van der Waals surface area contributed by atoms with Gasteiger partial charge in [0.15, 0.2) is 0 Å². The van der Waals surface area contributed by atoms with Gasteiger partial charge in [-0.2, -0.15) is 5.26 Å². The highest BCUT2D eigenvalue weighted by molar-refractivity contribution is 5.79. The van der Waals surface area contributed by atoms with Crippen LogP contribution in [0.15, 0.2) is 0 Å². The Morgan fingerprint density at radius 2 is 2.25 bits per heavy atom. The number of carbonyl (C=O) groups is 1. The van der Waals surface area contributed by atoms with Crippen LogP contribution >= 0.6 is 0 Å². The van der Waals surface area contributed by atoms with Crippen molar-refractivity contribution in [1.29, 1.82) is 5.26 Å². The lowest BCUT2D eigenvalue weighted by Gasteiger charge is -2.28. The fourth-order valence-corrected chi connectivity index (χ4v) is 1.97. The van der Waals surface area contributed by atoms with Gasteiger partial charge in [-0.3, -0.25) is 4.79 Å². The minimum Gasteiger partial charge on any atom is -0.300 e. The lowest BCUT2D eigenvalue weighted by molar-refractivity contribution is -0.122. The molecule has 0 heterocycles. The third-order valence-electron chi connectivity index (χ3n) is 2.74. The summed E-state index contributed by atoms with van der Waals surface area (Å²) in [5.74, 6) is 1.21. The van der Waals surface area contributed by atoms with E-state index in [0.29, 0.717) is 24.7 Å². The highest BCUT2D eigenvalue weighted by Crippen LogP contribution is 2.32. The van der Waals surface area contributed by atoms with Crippen molar-refractivity contribution < 1.29 is 4.79 Å². The molecule has 0 spiro atoms. The average molecular weight is 165 g/mol. The van der Waals surface area contributed by atoms with Gasteiger partial charge in [0.25, 0.3) is 0 Å². The van der Waals surface area contributed by atoms with Crippen LogP contribution in [0.5, 0.6) is 0 Å². The molecule has 0 N–H and O–H groups in total. The Labute approximate surface area is 73.6 Å². The van der Waals surface area contributed by atoms with E-state index in [4.69, 9.17) is 5.26 Å². The molecule has 12 heavy (non-hydrogen) atoms. The van der Waals surface area contributed by atoms with E-state index in [1.54, 1.807) is 0 Å². The van der Waals surface area contributed by atoms with Gasteiger partial charge in [-0.1, -0.05) is 13.8 Å². The molecule has 1 rings (SSSR count). The Morgan fingerprint density at radius 1 is 1.58 bits per heavy atom. The average Bonchev–Trinajstić information content (AvgIpc) is 2.03. The normalized spacial score (nSPS) is 30.3. The highest BCUT2D eigenvalue weighted by Gasteiger charge is 2.30. The van der Waals surface area contributed by atoms with E-state index in [-0.39, 0.29) is 11.7 Å². The Hall–Kier alpha value is -0.840. The molecule has 2 nitrogen and oxygen atoms in total. The van der Waals surface area contributed by atoms with Crippen molar-refractivity contribution in [2.75, 3.05) is 0 Å². The maximum atomic E-state index is 11.0. The minimum absolute atomic E-state index is 0.0220. The molecule has 2 unspecified atom stereocenters. The van der Waals surface area contributed by atoms with Crippen LogP contribution in [-0.4, -0.2) is 5.78 Å². The monoisotopic (exact) mass is 165 g/mol. The summed E-state index contributed by atoms with van der Waals surface area (Å²) in [4.78, 5) is 11.0. The summed E-state index contributed by atoms with van der Waals surface area (Å²) in [5.41, 5.74) is 0. The highest BCUT2D eigenvalue weighted by atomic mass is 16.1. The van der Waals surface area contributed by atoms with Gasteiger partial charge in [-0.25, -0.2) is 0 Å². The Kier molecular flexibility index (Phi) is 2.86. The van der Waals surface area contributed by atoms with E-state index in [0.717, 1.165) is 6.42 Å². The Morgan fingerprint density at radius 3 is 2.75 bits per heavy atom. The van der Waals surface area contributed by atoms with Crippen LogP contribution in [0.3, 0.4) is 0 Å². The van der Waals surface area contributed by atoms with Gasteiger partial charge in [-0.05, 0) is 18.3 Å². The SMILES string of the molecule is CC(C)C1CCC(=O)CC1C#N. The van der Waals surface area contributed by atoms with Gasteiger partial charge < -0.3 is 0 Å². The number of rotatable bonds is 1. The van der Waals surface area contributed by atoms with E-state index in [9.17, 15) is 4.79 Å². The van der Waals surface area contributed by atoms with Crippen molar-refractivity contribution in [2.45, 2.75) is 33.1 Å². The molecule has 0 aliphatic heterocycles. The maximum absolute atomic E-state index is 11.0. The Bertz CT molecular complexity index is 214. The van der Waals surface area contributed by atoms with Gasteiger partial charge in [0.2, 0.25) is 0 Å². The minimum atomic E-state index is -0.0220. The molecule has 2 atom stereocenters. The number of carbonyl (C=O) groups excluding carboxylic acids is 1. The largest absolute Gasteiger partial charge is 0.300 e. The first kappa shape index (κ1) is 9.25. The molecule has 66 valence electrons. The first-order valence-electron chi connectivity index (χ1n) is 4.56. The molecule has 0 aromatic rings. The fraction of sp³-hybridized carbons (Fsp3) is 0.800. The smallest absolute Gasteiger partial charge is 0.134 e. The topological polar surface area (TPSA) is 40.9 Å². The van der Waals surface area contributed by atoms with Crippen LogP contribution in [0.4, 0.5) is 0 Å². The second-order valence-electron chi connectivity index (χ2n) is 3.92. The van der Waals surface area contributed by atoms with Gasteiger partial charge in [-0.15, -0.1) is 0 Å². The standard InChI is InChI=1S/C10H15NO/c1-7(2)10-4-3-9(12)5-8(10)6-11/h7-8,10H,3-5H2,1-2H3. The number of hydrogen-bond acceptors (Lipinski definition) is 2. The van der Waals surface area contributed by atoms with Crippen molar-refractivity contribution in [3.8, 4) is 6.07 Å². The lowest BCUT2D eigenvalue weighted by Crippen LogP contribution is -2.27. The van der Waals surface area contributed by atoms with Gasteiger partial charge in [0.05, 0.1) is 12.0 Å². The molecule has 1 saturated carbocycles. The third kappa shape index (κ3) is 1.85. The zero-order valence-electron chi connectivity index (χ0n) is 7.71. The van der Waals surface area contributed by atoms with Gasteiger partial charge in [0.1, 0.15) is 5.78 Å². The van der Waals surface area contributed by atoms with E-state index in [2.05, 4.69) is 19.9 Å². The molecule has 0 aromatic carbocycles. The quantitative estimate of drug-likeness (QED) is 0.597. The predicted octanol–water partition coefficient (Wildman–Crippen LogP) is 2.15. The van der Waals surface area contributed by atoms with E-state index < -0.39 is 0 Å². The van der Waals surface area contributed by atoms with Crippen molar-refractivity contribution in [1.82, 2.24) is 0 Å². The van der Waals surface area contributed by atoms with Crippen LogP contribution in [0.2, 0.25) is 0 Å². The summed E-state index contributed by atoms with van der Waals surface area (Å²) in [6, 6.07) is 2.24. The van der Waals surface area contributed by atoms with E-state index in [1.165, 1.54) is 0 Å². The molecule has 1 aliphatic rings. The third-order valence-corrected chi connectivity index (χ3v) is 2.74. The molecule has 0 amide bonds. The Balaban J connectivity index is 2.64. The van der Waals surface area contributed by atoms with Crippen molar-refractivity contribution >= 4 is 5.78 Å². The first-order valence-corrected chi connectivity index (χ1v) is 4.56. The number of ketones is 1. The maximum Gasteiger partial charge on any atom is 0.134 e. The van der Waals surface area contributed by atoms with Crippen molar-refractivity contribution in [3.63, 3.8) is 0 Å². The summed E-state index contributed by atoms with van der Waals surface area (Å²) in [7, 11) is 0. The zero-order chi connectivity index (χ0) is 9.14. The van der Waals surface area contributed by atoms with Crippen molar-refractivity contribution in [2.24, 2.45) is 17.8 Å². The summed E-state index contributed by atoms with van der Waals surface area (Å²) in [6.07, 6.45) is 2.08. The van der Waals surface area contributed by atoms with Gasteiger partial charge in [0, 0.05) is 12.8 Å². The molecule has 0 bridgehead atoms. The molecule has 1 aliphatic carbocycles. The van der Waals surface area contributed by atoms with Gasteiger partial charge >= 0.3 is 0 Å². The summed E-state index contributed by atoms with van der Waals surface area (Å²) < 4.78 is 0. The number of nitrogens with zero attached hydrogens (tertiary/aromatic N) is 1. The lowest BCUT2D eigenvalue weighted by atomic mass is 9.74. The molecule has 0 radical (unpaired) electrons. The molecular formula is C10H15NO. The van der Waals surface area contributed by atoms with Crippen LogP contribution in [0.25, 0.3) is 0 Å². The second-order valence-corrected chi connectivity index (χ2v) is 3.92. The summed E-state index contributed by atoms with van der Waals surface area (Å²) >= 11 is 0. The first-order chi connectivity index (χ1) is 5.65. The van der Waals surface area contributed by atoms with E-state index in [1.807, 2.05) is 0 Å². The van der Waals surface area contributed by atoms with Crippen LogP contribution < -0.4 is 0 Å². The van der Waals surface area contributed by atoms with Crippen LogP contribution in [0, 0.1) is 29.1 Å². The second kappa shape index (κ2) is 3.71. The molecular weight excluding hydrogens is 150 g/mol. The van der Waals surface area contributed by atoms with E-state index >= 15 is 0 Å². The predicted molar refractivity (Wildman–Crippen MR) is 46.3 cm³/mol.